The third kappa shape index (κ3) is 4.46. The predicted molar refractivity (Wildman–Crippen MR) is 102 cm³/mol. The van der Waals surface area contributed by atoms with Gasteiger partial charge in [0.2, 0.25) is 0 Å². The summed E-state index contributed by atoms with van der Waals surface area (Å²) < 4.78 is 5.79. The Morgan fingerprint density at radius 1 is 0.960 bits per heavy atom. The van der Waals surface area contributed by atoms with Gasteiger partial charge in [0.15, 0.2) is 5.78 Å². The summed E-state index contributed by atoms with van der Waals surface area (Å²) in [6, 6.07) is 20.3. The molecule has 0 heterocycles. The molecule has 1 aliphatic carbocycles. The van der Waals surface area contributed by atoms with Crippen molar-refractivity contribution in [3.8, 4) is 0 Å². The van der Waals surface area contributed by atoms with Gasteiger partial charge >= 0.3 is 0 Å². The molecule has 1 fully saturated rings. The zero-order chi connectivity index (χ0) is 17.5. The van der Waals surface area contributed by atoms with Crippen LogP contribution in [0.25, 0.3) is 6.08 Å². The van der Waals surface area contributed by atoms with E-state index >= 15 is 0 Å². The summed E-state index contributed by atoms with van der Waals surface area (Å²) in [5.74, 6) is 0.141. The van der Waals surface area contributed by atoms with Crippen LogP contribution < -0.4 is 0 Å². The van der Waals surface area contributed by atoms with Gasteiger partial charge in [-0.05, 0) is 42.0 Å². The fourth-order valence-electron chi connectivity index (χ4n) is 3.71. The lowest BCUT2D eigenvalue weighted by Gasteiger charge is -2.28. The molecule has 0 radical (unpaired) electrons. The van der Waals surface area contributed by atoms with Gasteiger partial charge in [-0.3, -0.25) is 4.79 Å². The van der Waals surface area contributed by atoms with Crippen LogP contribution in [0.5, 0.6) is 0 Å². The number of methoxy groups -OCH3 is 1. The highest BCUT2D eigenvalue weighted by atomic mass is 16.5. The van der Waals surface area contributed by atoms with E-state index in [4.69, 9.17) is 4.74 Å². The van der Waals surface area contributed by atoms with E-state index in [1.807, 2.05) is 36.4 Å². The maximum Gasteiger partial charge on any atom is 0.164 e. The molecule has 25 heavy (non-hydrogen) atoms. The molecule has 2 aromatic carbocycles. The lowest BCUT2D eigenvalue weighted by Crippen LogP contribution is -2.26. The number of hydrogen-bond acceptors (Lipinski definition) is 2. The average molecular weight is 334 g/mol. The van der Waals surface area contributed by atoms with E-state index in [0.717, 1.165) is 42.4 Å². The normalized spacial score (nSPS) is 21.6. The molecule has 3 rings (SSSR count). The van der Waals surface area contributed by atoms with Gasteiger partial charge in [-0.15, -0.1) is 0 Å². The average Bonchev–Trinajstić information content (AvgIpc) is 2.66. The van der Waals surface area contributed by atoms with Crippen LogP contribution in [0.4, 0.5) is 0 Å². The van der Waals surface area contributed by atoms with Crippen molar-refractivity contribution in [1.82, 2.24) is 0 Å². The molecule has 2 aromatic rings. The van der Waals surface area contributed by atoms with Crippen molar-refractivity contribution in [2.24, 2.45) is 5.92 Å². The molecule has 0 aliphatic heterocycles. The minimum absolute atomic E-state index is 0.109. The summed E-state index contributed by atoms with van der Waals surface area (Å²) in [4.78, 5) is 13.3. The molecule has 1 aliphatic rings. The van der Waals surface area contributed by atoms with Gasteiger partial charge in [0.05, 0.1) is 12.0 Å². The summed E-state index contributed by atoms with van der Waals surface area (Å²) in [5, 5.41) is 0. The fourth-order valence-corrected chi connectivity index (χ4v) is 3.71. The lowest BCUT2D eigenvalue weighted by molar-refractivity contribution is -0.124. The summed E-state index contributed by atoms with van der Waals surface area (Å²) in [6.07, 6.45) is 6.97. The minimum atomic E-state index is -0.175. The number of Topliss-reactive ketones (excluding diaryl/α,β-unsaturated/α-hetero) is 1. The molecule has 130 valence electrons. The molecule has 2 unspecified atom stereocenters. The van der Waals surface area contributed by atoms with Gasteiger partial charge in [0.1, 0.15) is 0 Å². The third-order valence-corrected chi connectivity index (χ3v) is 5.00. The highest BCUT2D eigenvalue weighted by molar-refractivity contribution is 6.01. The quantitative estimate of drug-likeness (QED) is 0.680. The number of benzene rings is 2. The second-order valence-electron chi connectivity index (χ2n) is 6.72. The lowest BCUT2D eigenvalue weighted by atomic mass is 9.80. The van der Waals surface area contributed by atoms with E-state index in [0.29, 0.717) is 0 Å². The number of rotatable bonds is 4. The van der Waals surface area contributed by atoms with Crippen molar-refractivity contribution in [1.29, 1.82) is 0 Å². The molecular formula is C23H26O2. The molecule has 1 saturated carbocycles. The maximum absolute atomic E-state index is 13.3. The molecule has 0 bridgehead atoms. The number of allylic oxidation sites excluding steroid dienone is 1. The van der Waals surface area contributed by atoms with Crippen LogP contribution in [-0.2, 0) is 9.53 Å². The van der Waals surface area contributed by atoms with E-state index in [2.05, 4.69) is 30.3 Å². The highest BCUT2D eigenvalue weighted by Crippen LogP contribution is 2.35. The Bertz CT molecular complexity index is 703. The molecule has 2 nitrogen and oxygen atoms in total. The first-order valence-corrected chi connectivity index (χ1v) is 9.17. The molecule has 0 saturated heterocycles. The zero-order valence-electron chi connectivity index (χ0n) is 14.9. The Morgan fingerprint density at radius 2 is 1.64 bits per heavy atom. The summed E-state index contributed by atoms with van der Waals surface area (Å²) in [7, 11) is 1.71. The van der Waals surface area contributed by atoms with Gasteiger partial charge < -0.3 is 4.74 Å². The first-order chi connectivity index (χ1) is 12.3. The Morgan fingerprint density at radius 3 is 2.32 bits per heavy atom. The van der Waals surface area contributed by atoms with Crippen LogP contribution >= 0.6 is 0 Å². The molecule has 0 N–H and O–H groups in total. The van der Waals surface area contributed by atoms with E-state index < -0.39 is 0 Å². The fraction of sp³-hybridized carbons (Fsp3) is 0.348. The van der Waals surface area contributed by atoms with Crippen LogP contribution in [0.2, 0.25) is 0 Å². The van der Waals surface area contributed by atoms with Gasteiger partial charge in [-0.2, -0.15) is 0 Å². The molecule has 2 atom stereocenters. The van der Waals surface area contributed by atoms with Crippen molar-refractivity contribution in [3.63, 3.8) is 0 Å². The maximum atomic E-state index is 13.3. The topological polar surface area (TPSA) is 26.3 Å². The Balaban J connectivity index is 1.91. The van der Waals surface area contributed by atoms with Crippen LogP contribution in [0, 0.1) is 5.92 Å². The zero-order valence-corrected chi connectivity index (χ0v) is 14.9. The number of carbonyl (C=O) groups excluding carboxylic acids is 1. The SMILES string of the molecule is COC(c1ccccc1)C1CCCCC/C(=C/c2ccccc2)C1=O. The van der Waals surface area contributed by atoms with Crippen molar-refractivity contribution in [2.75, 3.05) is 7.11 Å². The summed E-state index contributed by atoms with van der Waals surface area (Å²) in [5.41, 5.74) is 3.12. The first-order valence-electron chi connectivity index (χ1n) is 9.17. The van der Waals surface area contributed by atoms with Crippen molar-refractivity contribution < 1.29 is 9.53 Å². The third-order valence-electron chi connectivity index (χ3n) is 5.00. The predicted octanol–water partition coefficient (Wildman–Crippen LogP) is 5.61. The van der Waals surface area contributed by atoms with Gasteiger partial charge in [-0.1, -0.05) is 73.5 Å². The number of ether oxygens (including phenoxy) is 1. The number of ketones is 1. The molecule has 0 aromatic heterocycles. The van der Waals surface area contributed by atoms with Crippen molar-refractivity contribution in [2.45, 2.75) is 38.2 Å². The molecule has 2 heteroatoms. The molecule has 0 amide bonds. The number of hydrogen-bond donors (Lipinski definition) is 0. The summed E-state index contributed by atoms with van der Waals surface area (Å²) in [6.45, 7) is 0. The van der Waals surface area contributed by atoms with Crippen molar-refractivity contribution in [3.05, 3.63) is 77.4 Å². The van der Waals surface area contributed by atoms with Gasteiger partial charge in [-0.25, -0.2) is 0 Å². The minimum Gasteiger partial charge on any atom is -0.376 e. The van der Waals surface area contributed by atoms with E-state index in [1.54, 1.807) is 7.11 Å². The second kappa shape index (κ2) is 8.77. The van der Waals surface area contributed by atoms with E-state index in [-0.39, 0.29) is 17.8 Å². The van der Waals surface area contributed by atoms with Crippen LogP contribution in [-0.4, -0.2) is 12.9 Å². The largest absolute Gasteiger partial charge is 0.376 e. The Labute approximate surface area is 150 Å². The van der Waals surface area contributed by atoms with Crippen LogP contribution in [0.3, 0.4) is 0 Å². The second-order valence-corrected chi connectivity index (χ2v) is 6.72. The van der Waals surface area contributed by atoms with Crippen LogP contribution in [0.15, 0.2) is 66.2 Å². The first kappa shape index (κ1) is 17.6. The van der Waals surface area contributed by atoms with E-state index in [1.165, 1.54) is 6.42 Å². The monoisotopic (exact) mass is 334 g/mol. The van der Waals surface area contributed by atoms with Gasteiger partial charge in [0.25, 0.3) is 0 Å². The smallest absolute Gasteiger partial charge is 0.164 e. The standard InChI is InChI=1S/C23H26O2/c1-25-23(19-13-7-3-8-14-19)21-16-10-4-9-15-20(22(21)24)17-18-11-5-2-6-12-18/h2-3,5-8,11-14,17,21,23H,4,9-10,15-16H2,1H3/b20-17-. The molecule has 0 spiro atoms. The van der Waals surface area contributed by atoms with Crippen molar-refractivity contribution >= 4 is 11.9 Å². The summed E-state index contributed by atoms with van der Waals surface area (Å²) >= 11 is 0. The van der Waals surface area contributed by atoms with Gasteiger partial charge in [0, 0.05) is 7.11 Å². The van der Waals surface area contributed by atoms with E-state index in [9.17, 15) is 4.79 Å². The number of carbonyl (C=O) groups is 1. The van der Waals surface area contributed by atoms with Crippen LogP contribution in [0.1, 0.15) is 49.3 Å². The Hall–Kier alpha value is -2.19. The molecular weight excluding hydrogens is 308 g/mol. The highest BCUT2D eigenvalue weighted by Gasteiger charge is 2.32. The Kier molecular flexibility index (Phi) is 6.19.